The van der Waals surface area contributed by atoms with Crippen molar-refractivity contribution in [3.05, 3.63) is 51.6 Å². The van der Waals surface area contributed by atoms with E-state index in [-0.39, 0.29) is 17.4 Å². The lowest BCUT2D eigenvalue weighted by Crippen LogP contribution is -2.32. The van der Waals surface area contributed by atoms with Crippen LogP contribution in [0.2, 0.25) is 10.0 Å². The normalized spacial score (nSPS) is 11.6. The van der Waals surface area contributed by atoms with E-state index in [0.717, 1.165) is 11.1 Å². The third-order valence-electron chi connectivity index (χ3n) is 3.47. The van der Waals surface area contributed by atoms with Crippen molar-refractivity contribution < 1.29 is 19.1 Å². The minimum Gasteiger partial charge on any atom is -0.481 e. The van der Waals surface area contributed by atoms with Crippen molar-refractivity contribution in [1.82, 2.24) is 4.98 Å². The molecule has 1 amide bonds. The number of hydrogen-bond donors (Lipinski definition) is 1. The van der Waals surface area contributed by atoms with Crippen molar-refractivity contribution in [3.8, 4) is 5.75 Å². The predicted octanol–water partition coefficient (Wildman–Crippen LogP) is 3.95. The highest BCUT2D eigenvalue weighted by atomic mass is 35.5. The zero-order valence-corrected chi connectivity index (χ0v) is 16.0. The summed E-state index contributed by atoms with van der Waals surface area (Å²) < 4.78 is 10.6. The van der Waals surface area contributed by atoms with Gasteiger partial charge >= 0.3 is 5.97 Å². The summed E-state index contributed by atoms with van der Waals surface area (Å²) in [5.41, 5.74) is 1.82. The molecule has 0 spiro atoms. The first-order valence-corrected chi connectivity index (χ1v) is 8.54. The number of anilines is 1. The van der Waals surface area contributed by atoms with Gasteiger partial charge in [-0.2, -0.15) is 0 Å². The Morgan fingerprint density at radius 2 is 1.88 bits per heavy atom. The lowest BCUT2D eigenvalue weighted by atomic mass is 10.1. The number of carbonyl (C=O) groups excluding carboxylic acids is 2. The van der Waals surface area contributed by atoms with E-state index < -0.39 is 18.0 Å². The first kappa shape index (κ1) is 20.0. The van der Waals surface area contributed by atoms with Gasteiger partial charge in [-0.3, -0.25) is 4.79 Å². The number of ether oxygens (including phenoxy) is 2. The van der Waals surface area contributed by atoms with Crippen LogP contribution in [0.1, 0.15) is 18.1 Å². The molecule has 1 aromatic heterocycles. The molecular formula is C18H18Cl2N2O4. The molecule has 2 rings (SSSR count). The molecule has 0 aliphatic heterocycles. The molecule has 26 heavy (non-hydrogen) atoms. The van der Waals surface area contributed by atoms with E-state index in [9.17, 15) is 9.59 Å². The average Bonchev–Trinajstić information content (AvgIpc) is 2.56. The molecule has 0 aliphatic carbocycles. The van der Waals surface area contributed by atoms with Gasteiger partial charge in [0, 0.05) is 6.20 Å². The summed E-state index contributed by atoms with van der Waals surface area (Å²) in [7, 11) is 0. The summed E-state index contributed by atoms with van der Waals surface area (Å²) in [6.45, 7) is 4.90. The molecule has 0 saturated carbocycles. The molecular weight excluding hydrogens is 379 g/mol. The summed E-state index contributed by atoms with van der Waals surface area (Å²) in [6.07, 6.45) is 0.301. The molecule has 1 heterocycles. The van der Waals surface area contributed by atoms with Crippen LogP contribution in [0, 0.1) is 13.8 Å². The molecule has 0 aliphatic rings. The van der Waals surface area contributed by atoms with Crippen LogP contribution in [0.4, 0.5) is 5.82 Å². The smallest absolute Gasteiger partial charge is 0.344 e. The molecule has 0 radical (unpaired) electrons. The second-order valence-corrected chi connectivity index (χ2v) is 6.46. The SMILES string of the molecule is Cc1cccc(C)c1OCC(=O)O[C@@H](C)C(=O)Nc1ncc(Cl)cc1Cl. The van der Waals surface area contributed by atoms with Crippen LogP contribution >= 0.6 is 23.2 Å². The highest BCUT2D eigenvalue weighted by molar-refractivity contribution is 6.36. The number of pyridine rings is 1. The lowest BCUT2D eigenvalue weighted by molar-refractivity contribution is -0.155. The molecule has 0 bridgehead atoms. The van der Waals surface area contributed by atoms with E-state index in [2.05, 4.69) is 10.3 Å². The second kappa shape index (κ2) is 8.87. The van der Waals surface area contributed by atoms with Gasteiger partial charge in [0.25, 0.3) is 5.91 Å². The Bertz CT molecular complexity index is 807. The number of carbonyl (C=O) groups is 2. The molecule has 2 aromatic rings. The highest BCUT2D eigenvalue weighted by Gasteiger charge is 2.20. The zero-order chi connectivity index (χ0) is 19.3. The molecule has 0 unspecified atom stereocenters. The van der Waals surface area contributed by atoms with Gasteiger partial charge in [0.2, 0.25) is 0 Å². The minimum absolute atomic E-state index is 0.135. The number of nitrogens with one attached hydrogen (secondary N) is 1. The standard InChI is InChI=1S/C18H18Cl2N2O4/c1-10-5-4-6-11(2)16(10)25-9-15(23)26-12(3)18(24)22-17-14(20)7-13(19)8-21-17/h4-8,12H,9H2,1-3H3,(H,21,22,24)/t12-/m0/s1. The van der Waals surface area contributed by atoms with Crippen LogP contribution in [0.15, 0.2) is 30.5 Å². The van der Waals surface area contributed by atoms with E-state index in [4.69, 9.17) is 32.7 Å². The number of para-hydroxylation sites is 1. The van der Waals surface area contributed by atoms with Crippen molar-refractivity contribution in [3.63, 3.8) is 0 Å². The van der Waals surface area contributed by atoms with Gasteiger partial charge < -0.3 is 14.8 Å². The average molecular weight is 397 g/mol. The third-order valence-corrected chi connectivity index (χ3v) is 3.96. The van der Waals surface area contributed by atoms with Gasteiger partial charge in [0.1, 0.15) is 5.75 Å². The molecule has 0 fully saturated rings. The van der Waals surface area contributed by atoms with Crippen molar-refractivity contribution >= 4 is 40.9 Å². The summed E-state index contributed by atoms with van der Waals surface area (Å²) >= 11 is 11.7. The number of esters is 1. The topological polar surface area (TPSA) is 77.5 Å². The molecule has 6 nitrogen and oxygen atoms in total. The van der Waals surface area contributed by atoms with Gasteiger partial charge in [-0.15, -0.1) is 0 Å². The van der Waals surface area contributed by atoms with E-state index in [0.29, 0.717) is 10.8 Å². The zero-order valence-electron chi connectivity index (χ0n) is 14.5. The number of hydrogen-bond acceptors (Lipinski definition) is 5. The first-order chi connectivity index (χ1) is 12.3. The number of nitrogens with zero attached hydrogens (tertiary/aromatic N) is 1. The maximum Gasteiger partial charge on any atom is 0.344 e. The Labute approximate surface area is 161 Å². The number of halogens is 2. The molecule has 1 atom stereocenters. The third kappa shape index (κ3) is 5.34. The molecule has 1 N–H and O–H groups in total. The molecule has 0 saturated heterocycles. The molecule has 8 heteroatoms. The lowest BCUT2D eigenvalue weighted by Gasteiger charge is -2.15. The number of aromatic nitrogens is 1. The Balaban J connectivity index is 1.89. The van der Waals surface area contributed by atoms with Crippen LogP contribution in [-0.2, 0) is 14.3 Å². The van der Waals surface area contributed by atoms with Crippen LogP contribution < -0.4 is 10.1 Å². The molecule has 138 valence electrons. The Kier molecular flexibility index (Phi) is 6.83. The van der Waals surface area contributed by atoms with E-state index in [1.54, 1.807) is 0 Å². The van der Waals surface area contributed by atoms with Crippen molar-refractivity contribution in [2.45, 2.75) is 26.9 Å². The van der Waals surface area contributed by atoms with Gasteiger partial charge in [-0.05, 0) is 38.0 Å². The van der Waals surface area contributed by atoms with Crippen LogP contribution in [0.25, 0.3) is 0 Å². The predicted molar refractivity (Wildman–Crippen MR) is 99.9 cm³/mol. The Morgan fingerprint density at radius 3 is 2.50 bits per heavy atom. The van der Waals surface area contributed by atoms with Gasteiger partial charge in [-0.1, -0.05) is 41.4 Å². The second-order valence-electron chi connectivity index (χ2n) is 5.61. The van der Waals surface area contributed by atoms with Crippen LogP contribution in [0.5, 0.6) is 5.75 Å². The van der Waals surface area contributed by atoms with Gasteiger partial charge in [0.05, 0.1) is 10.0 Å². The summed E-state index contributed by atoms with van der Waals surface area (Å²) in [4.78, 5) is 28.0. The summed E-state index contributed by atoms with van der Waals surface area (Å²) in [5, 5.41) is 3.00. The quantitative estimate of drug-likeness (QED) is 0.747. The number of aryl methyl sites for hydroxylation is 2. The number of rotatable bonds is 6. The number of benzene rings is 1. The maximum absolute atomic E-state index is 12.1. The van der Waals surface area contributed by atoms with Gasteiger partial charge in [0.15, 0.2) is 18.5 Å². The largest absolute Gasteiger partial charge is 0.481 e. The fourth-order valence-electron chi connectivity index (χ4n) is 2.17. The maximum atomic E-state index is 12.1. The number of amides is 1. The van der Waals surface area contributed by atoms with Crippen LogP contribution in [-0.4, -0.2) is 29.6 Å². The monoisotopic (exact) mass is 396 g/mol. The van der Waals surface area contributed by atoms with E-state index in [1.165, 1.54) is 19.2 Å². The first-order valence-electron chi connectivity index (χ1n) is 7.78. The van der Waals surface area contributed by atoms with Crippen molar-refractivity contribution in [2.75, 3.05) is 11.9 Å². The molecule has 1 aromatic carbocycles. The fraction of sp³-hybridized carbons (Fsp3) is 0.278. The Morgan fingerprint density at radius 1 is 1.23 bits per heavy atom. The van der Waals surface area contributed by atoms with Crippen molar-refractivity contribution in [1.29, 1.82) is 0 Å². The van der Waals surface area contributed by atoms with Gasteiger partial charge in [-0.25, -0.2) is 9.78 Å². The summed E-state index contributed by atoms with van der Waals surface area (Å²) in [5.74, 6) is -0.470. The summed E-state index contributed by atoms with van der Waals surface area (Å²) in [6, 6.07) is 7.11. The van der Waals surface area contributed by atoms with Crippen LogP contribution in [0.3, 0.4) is 0 Å². The van der Waals surface area contributed by atoms with E-state index >= 15 is 0 Å². The Hall–Kier alpha value is -2.31. The fourth-order valence-corrected chi connectivity index (χ4v) is 2.59. The van der Waals surface area contributed by atoms with E-state index in [1.807, 2.05) is 32.0 Å². The highest BCUT2D eigenvalue weighted by Crippen LogP contribution is 2.23. The minimum atomic E-state index is -1.04. The van der Waals surface area contributed by atoms with Crippen molar-refractivity contribution in [2.24, 2.45) is 0 Å².